The first-order valence-corrected chi connectivity index (χ1v) is 14.6. The minimum absolute atomic E-state index is 0.718. The highest BCUT2D eigenvalue weighted by Crippen LogP contribution is 2.51. The Hall–Kier alpha value is -4.80. The number of methoxy groups -OCH3 is 1. The molecule has 1 saturated heterocycles. The smallest absolute Gasteiger partial charge is 0.178 e. The van der Waals surface area contributed by atoms with Crippen LogP contribution >= 0.6 is 0 Å². The predicted octanol–water partition coefficient (Wildman–Crippen LogP) is 8.34. The van der Waals surface area contributed by atoms with Crippen molar-refractivity contribution < 1.29 is 14.2 Å². The van der Waals surface area contributed by atoms with Gasteiger partial charge in [-0.3, -0.25) is 0 Å². The van der Waals surface area contributed by atoms with Crippen LogP contribution in [0.4, 0.5) is 5.69 Å². The van der Waals surface area contributed by atoms with E-state index < -0.39 is 5.60 Å². The van der Waals surface area contributed by atoms with Crippen LogP contribution in [0.3, 0.4) is 0 Å². The summed E-state index contributed by atoms with van der Waals surface area (Å²) in [4.78, 5) is 2.45. The van der Waals surface area contributed by atoms with Gasteiger partial charge in [0, 0.05) is 40.9 Å². The third-order valence-electron chi connectivity index (χ3n) is 8.82. The Labute approximate surface area is 245 Å². The number of hydrogen-bond acceptors (Lipinski definition) is 4. The van der Waals surface area contributed by atoms with E-state index in [0.717, 1.165) is 59.9 Å². The van der Waals surface area contributed by atoms with Crippen molar-refractivity contribution in [3.8, 4) is 11.5 Å². The van der Waals surface area contributed by atoms with Crippen molar-refractivity contribution in [3.05, 3.63) is 132 Å². The van der Waals surface area contributed by atoms with Crippen LogP contribution in [0.5, 0.6) is 11.5 Å². The molecule has 6 aromatic rings. The number of fused-ring (bicyclic) bond motifs is 8. The number of hydrogen-bond donors (Lipinski definition) is 0. The molecule has 0 radical (unpaired) electrons. The van der Waals surface area contributed by atoms with E-state index in [0.29, 0.717) is 0 Å². The van der Waals surface area contributed by atoms with Gasteiger partial charge in [-0.1, -0.05) is 91.0 Å². The van der Waals surface area contributed by atoms with Gasteiger partial charge >= 0.3 is 0 Å². The molecule has 0 aliphatic carbocycles. The molecule has 2 aliphatic heterocycles. The molecule has 8 rings (SSSR count). The number of nitrogens with zero attached hydrogens (tertiary/aromatic N) is 1. The first-order chi connectivity index (χ1) is 20.8. The average Bonchev–Trinajstić information content (AvgIpc) is 3.08. The highest BCUT2D eigenvalue weighted by atomic mass is 16.5. The van der Waals surface area contributed by atoms with Crippen molar-refractivity contribution >= 4 is 44.1 Å². The molecule has 1 unspecified atom stereocenters. The van der Waals surface area contributed by atoms with Gasteiger partial charge in [-0.15, -0.1) is 0 Å². The van der Waals surface area contributed by atoms with Gasteiger partial charge in [-0.2, -0.15) is 0 Å². The van der Waals surface area contributed by atoms with Crippen molar-refractivity contribution in [2.24, 2.45) is 0 Å². The number of benzene rings is 6. The fourth-order valence-corrected chi connectivity index (χ4v) is 6.76. The van der Waals surface area contributed by atoms with Crippen LogP contribution in [-0.4, -0.2) is 33.4 Å². The summed E-state index contributed by atoms with van der Waals surface area (Å²) < 4.78 is 18.7. The molecule has 0 aromatic heterocycles. The van der Waals surface area contributed by atoms with Gasteiger partial charge in [-0.25, -0.2) is 0 Å². The molecule has 4 nitrogen and oxygen atoms in total. The fourth-order valence-electron chi connectivity index (χ4n) is 6.76. The largest absolute Gasteiger partial charge is 0.497 e. The third kappa shape index (κ3) is 3.79. The molecule has 0 bridgehead atoms. The van der Waals surface area contributed by atoms with Gasteiger partial charge < -0.3 is 19.1 Å². The van der Waals surface area contributed by atoms with E-state index >= 15 is 0 Å². The van der Waals surface area contributed by atoms with Gasteiger partial charge in [0.2, 0.25) is 0 Å². The van der Waals surface area contributed by atoms with E-state index in [9.17, 15) is 0 Å². The first-order valence-electron chi connectivity index (χ1n) is 14.6. The second-order valence-electron chi connectivity index (χ2n) is 11.0. The Bertz CT molecular complexity index is 1970. The third-order valence-corrected chi connectivity index (χ3v) is 8.82. The number of anilines is 1. The molecule has 0 N–H and O–H groups in total. The standard InChI is InChI=1S/C38H31NO3/c1-40-28-17-15-27(16-18-28)38(26-9-3-2-4-10-26)20-19-33-35(39-21-23-41-24-22-39)25-34-31-13-6-5-11-29(31)30-12-7-8-14-32(30)36(34)37(33)42-38/h2-20,25H,21-24H2,1H3. The molecule has 2 heterocycles. The molecule has 0 spiro atoms. The van der Waals surface area contributed by atoms with E-state index in [1.54, 1.807) is 7.11 Å². The second-order valence-corrected chi connectivity index (χ2v) is 11.0. The van der Waals surface area contributed by atoms with E-state index in [1.807, 2.05) is 12.1 Å². The zero-order chi connectivity index (χ0) is 28.1. The quantitative estimate of drug-likeness (QED) is 0.207. The lowest BCUT2D eigenvalue weighted by atomic mass is 9.82. The molecule has 2 aliphatic rings. The second kappa shape index (κ2) is 9.93. The first kappa shape index (κ1) is 25.0. The zero-order valence-corrected chi connectivity index (χ0v) is 23.5. The van der Waals surface area contributed by atoms with Crippen LogP contribution in [0.15, 0.2) is 115 Å². The Balaban J connectivity index is 1.48. The average molecular weight is 550 g/mol. The van der Waals surface area contributed by atoms with E-state index in [2.05, 4.69) is 114 Å². The highest BCUT2D eigenvalue weighted by molar-refractivity contribution is 6.28. The molecule has 42 heavy (non-hydrogen) atoms. The van der Waals surface area contributed by atoms with E-state index in [1.165, 1.54) is 32.6 Å². The number of morpholine rings is 1. The fraction of sp³-hybridized carbons (Fsp3) is 0.158. The molecule has 6 aromatic carbocycles. The summed E-state index contributed by atoms with van der Waals surface area (Å²) in [7, 11) is 1.70. The Morgan fingerprint density at radius 2 is 1.26 bits per heavy atom. The Morgan fingerprint density at radius 3 is 1.95 bits per heavy atom. The molecule has 1 fully saturated rings. The van der Waals surface area contributed by atoms with Gasteiger partial charge in [0.05, 0.1) is 20.3 Å². The van der Waals surface area contributed by atoms with E-state index in [4.69, 9.17) is 14.2 Å². The summed E-state index contributed by atoms with van der Waals surface area (Å²) in [6.07, 6.45) is 4.51. The Morgan fingerprint density at radius 1 is 0.667 bits per heavy atom. The molecular formula is C38H31NO3. The highest BCUT2D eigenvalue weighted by Gasteiger charge is 2.39. The Kier molecular flexibility index (Phi) is 5.90. The molecular weight excluding hydrogens is 518 g/mol. The lowest BCUT2D eigenvalue weighted by molar-refractivity contribution is 0.122. The molecule has 4 heteroatoms. The summed E-state index contributed by atoms with van der Waals surface area (Å²) in [6, 6.07) is 38.6. The van der Waals surface area contributed by atoms with Gasteiger partial charge in [0.1, 0.15) is 11.5 Å². The van der Waals surface area contributed by atoms with Crippen molar-refractivity contribution in [1.29, 1.82) is 0 Å². The normalized spacial score (nSPS) is 18.3. The van der Waals surface area contributed by atoms with Gasteiger partial charge in [0.15, 0.2) is 5.60 Å². The van der Waals surface area contributed by atoms with Gasteiger partial charge in [0.25, 0.3) is 0 Å². The predicted molar refractivity (Wildman–Crippen MR) is 172 cm³/mol. The monoisotopic (exact) mass is 549 g/mol. The number of ether oxygens (including phenoxy) is 3. The maximum absolute atomic E-state index is 7.48. The molecule has 0 amide bonds. The minimum atomic E-state index is -0.816. The molecule has 1 atom stereocenters. The lowest BCUT2D eigenvalue weighted by Gasteiger charge is -2.39. The SMILES string of the molecule is COc1ccc(C2(c3ccccc3)C=Cc3c(N4CCOCC4)cc4c5ccccc5c5ccccc5c4c3O2)cc1. The van der Waals surface area contributed by atoms with Crippen LogP contribution in [0.25, 0.3) is 38.4 Å². The zero-order valence-electron chi connectivity index (χ0n) is 23.5. The molecule has 0 saturated carbocycles. The van der Waals surface area contributed by atoms with Crippen molar-refractivity contribution in [1.82, 2.24) is 0 Å². The summed E-state index contributed by atoms with van der Waals surface area (Å²) in [5.74, 6) is 1.73. The summed E-state index contributed by atoms with van der Waals surface area (Å²) >= 11 is 0. The number of rotatable bonds is 4. The summed E-state index contributed by atoms with van der Waals surface area (Å²) in [6.45, 7) is 3.13. The summed E-state index contributed by atoms with van der Waals surface area (Å²) in [5, 5.41) is 7.27. The van der Waals surface area contributed by atoms with Crippen LogP contribution in [-0.2, 0) is 10.3 Å². The van der Waals surface area contributed by atoms with Crippen LogP contribution in [0.2, 0.25) is 0 Å². The maximum atomic E-state index is 7.48. The van der Waals surface area contributed by atoms with Crippen molar-refractivity contribution in [2.45, 2.75) is 5.60 Å². The van der Waals surface area contributed by atoms with Crippen molar-refractivity contribution in [2.75, 3.05) is 38.3 Å². The van der Waals surface area contributed by atoms with Crippen LogP contribution in [0.1, 0.15) is 16.7 Å². The van der Waals surface area contributed by atoms with Crippen LogP contribution < -0.4 is 14.4 Å². The lowest BCUT2D eigenvalue weighted by Crippen LogP contribution is -2.38. The maximum Gasteiger partial charge on any atom is 0.178 e. The van der Waals surface area contributed by atoms with E-state index in [-0.39, 0.29) is 0 Å². The summed E-state index contributed by atoms with van der Waals surface area (Å²) in [5.41, 5.74) is 3.61. The van der Waals surface area contributed by atoms with Crippen molar-refractivity contribution in [3.63, 3.8) is 0 Å². The minimum Gasteiger partial charge on any atom is -0.497 e. The molecule has 206 valence electrons. The van der Waals surface area contributed by atoms with Gasteiger partial charge in [-0.05, 0) is 57.3 Å². The topological polar surface area (TPSA) is 30.9 Å². The van der Waals surface area contributed by atoms with Crippen LogP contribution in [0, 0.1) is 0 Å².